The van der Waals surface area contributed by atoms with Crippen molar-refractivity contribution in [3.05, 3.63) is 0 Å². The quantitative estimate of drug-likeness (QED) is 0.442. The highest BCUT2D eigenvalue weighted by molar-refractivity contribution is 5.74. The zero-order chi connectivity index (χ0) is 16.9. The van der Waals surface area contributed by atoms with Gasteiger partial charge in [0.1, 0.15) is 6.29 Å². The molecule has 2 saturated heterocycles. The van der Waals surface area contributed by atoms with Gasteiger partial charge >= 0.3 is 6.03 Å². The minimum atomic E-state index is -0.187. The maximum atomic E-state index is 12.4. The summed E-state index contributed by atoms with van der Waals surface area (Å²) in [6.45, 7) is 7.45. The van der Waals surface area contributed by atoms with Gasteiger partial charge in [0.25, 0.3) is 0 Å². The molecule has 3 rings (SSSR count). The van der Waals surface area contributed by atoms with Crippen LogP contribution in [0.4, 0.5) is 4.79 Å². The first-order chi connectivity index (χ1) is 11.6. The number of fused-ring (bicyclic) bond motifs is 1. The molecule has 0 spiro atoms. The number of hydrogen-bond acceptors (Lipinski definition) is 5. The number of hydrogen-bond donors (Lipinski definition) is 6. The largest absolute Gasteiger partial charge is 0.335 e. The molecule has 0 aromatic heterocycles. The zero-order valence-corrected chi connectivity index (χ0v) is 15.0. The summed E-state index contributed by atoms with van der Waals surface area (Å²) >= 11 is 0. The Morgan fingerprint density at radius 2 is 1.96 bits per heavy atom. The number of piperidine rings is 1. The van der Waals surface area contributed by atoms with Gasteiger partial charge in [0, 0.05) is 12.1 Å². The molecule has 2 amide bonds. The molecule has 1 aliphatic carbocycles. The molecular formula is C17H34N6O. The monoisotopic (exact) mass is 338 g/mol. The van der Waals surface area contributed by atoms with Crippen LogP contribution in [0.15, 0.2) is 0 Å². The van der Waals surface area contributed by atoms with Crippen molar-refractivity contribution in [3.63, 3.8) is 0 Å². The van der Waals surface area contributed by atoms with Crippen molar-refractivity contribution in [1.29, 1.82) is 0 Å². The smallest absolute Gasteiger partial charge is 0.317 e. The van der Waals surface area contributed by atoms with Gasteiger partial charge < -0.3 is 21.3 Å². The molecule has 1 saturated carbocycles. The second-order valence-electron chi connectivity index (χ2n) is 7.65. The maximum absolute atomic E-state index is 12.4. The summed E-state index contributed by atoms with van der Waals surface area (Å²) in [5.41, 5.74) is 0. The van der Waals surface area contributed by atoms with Crippen molar-refractivity contribution in [2.45, 2.75) is 70.5 Å². The molecule has 2 heterocycles. The fourth-order valence-electron chi connectivity index (χ4n) is 4.51. The van der Waals surface area contributed by atoms with Crippen LogP contribution in [0.2, 0.25) is 0 Å². The molecule has 0 aromatic carbocycles. The Balaban J connectivity index is 1.43. The summed E-state index contributed by atoms with van der Waals surface area (Å²) in [5.74, 6) is 1.58. The van der Waals surface area contributed by atoms with Gasteiger partial charge in [0.15, 0.2) is 0 Å². The lowest BCUT2D eigenvalue weighted by molar-refractivity contribution is 0.151. The lowest BCUT2D eigenvalue weighted by Crippen LogP contribution is -2.68. The first kappa shape index (κ1) is 17.9. The van der Waals surface area contributed by atoms with Gasteiger partial charge in [0.05, 0.1) is 6.17 Å². The topological polar surface area (TPSA) is 89.2 Å². The van der Waals surface area contributed by atoms with E-state index < -0.39 is 0 Å². The highest BCUT2D eigenvalue weighted by Gasteiger charge is 2.33. The van der Waals surface area contributed by atoms with E-state index in [1.165, 1.54) is 12.8 Å². The molecule has 3 fully saturated rings. The molecule has 2 aliphatic heterocycles. The third-order valence-electron chi connectivity index (χ3n) is 5.71. The average Bonchev–Trinajstić information content (AvgIpc) is 2.54. The highest BCUT2D eigenvalue weighted by Crippen LogP contribution is 2.33. The van der Waals surface area contributed by atoms with Gasteiger partial charge in [0.2, 0.25) is 0 Å². The lowest BCUT2D eigenvalue weighted by atomic mass is 9.73. The Morgan fingerprint density at radius 3 is 2.79 bits per heavy atom. The van der Waals surface area contributed by atoms with Crippen molar-refractivity contribution in [3.8, 4) is 0 Å². The Hall–Kier alpha value is -0.890. The van der Waals surface area contributed by atoms with Crippen LogP contribution in [-0.2, 0) is 0 Å². The third-order valence-corrected chi connectivity index (χ3v) is 5.71. The van der Waals surface area contributed by atoms with Crippen LogP contribution >= 0.6 is 0 Å². The summed E-state index contributed by atoms with van der Waals surface area (Å²) in [6.07, 6.45) is 5.75. The van der Waals surface area contributed by atoms with E-state index in [0.29, 0.717) is 12.1 Å². The molecule has 0 aromatic rings. The number of amides is 2. The Labute approximate surface area is 145 Å². The Morgan fingerprint density at radius 1 is 1.08 bits per heavy atom. The molecule has 7 nitrogen and oxygen atoms in total. The van der Waals surface area contributed by atoms with E-state index in [0.717, 1.165) is 50.7 Å². The molecule has 0 bridgehead atoms. The summed E-state index contributed by atoms with van der Waals surface area (Å²) in [7, 11) is 0. The van der Waals surface area contributed by atoms with Crippen LogP contribution < -0.4 is 31.9 Å². The Bertz CT molecular complexity index is 420. The molecule has 24 heavy (non-hydrogen) atoms. The molecule has 7 heteroatoms. The van der Waals surface area contributed by atoms with Gasteiger partial charge in [-0.15, -0.1) is 0 Å². The van der Waals surface area contributed by atoms with Gasteiger partial charge in [-0.25, -0.2) is 4.79 Å². The van der Waals surface area contributed by atoms with Crippen molar-refractivity contribution in [1.82, 2.24) is 31.9 Å². The van der Waals surface area contributed by atoms with Crippen molar-refractivity contribution in [2.75, 3.05) is 19.6 Å². The fourth-order valence-corrected chi connectivity index (χ4v) is 4.51. The predicted octanol–water partition coefficient (Wildman–Crippen LogP) is 0.254. The molecule has 0 radical (unpaired) electrons. The normalized spacial score (nSPS) is 39.8. The highest BCUT2D eigenvalue weighted by atomic mass is 16.2. The van der Waals surface area contributed by atoms with Crippen LogP contribution in [0, 0.1) is 11.8 Å². The van der Waals surface area contributed by atoms with Gasteiger partial charge in [-0.1, -0.05) is 6.92 Å². The van der Waals surface area contributed by atoms with Crippen molar-refractivity contribution >= 4 is 6.03 Å². The Kier molecular flexibility index (Phi) is 6.32. The average molecular weight is 339 g/mol. The standard InChI is InChI=1S/C17H34N6O/c1-3-19-15-8-11(2)20-16(22-15)23-17(24)21-14-5-4-13-10-18-7-6-12(13)9-14/h11-16,18-20,22H,3-10H2,1-2H3,(H2,21,23,24). The number of carbonyl (C=O) groups is 1. The van der Waals surface area contributed by atoms with Crippen LogP contribution in [0.3, 0.4) is 0 Å². The first-order valence-corrected chi connectivity index (χ1v) is 9.67. The van der Waals surface area contributed by atoms with Crippen molar-refractivity contribution in [2.24, 2.45) is 11.8 Å². The number of urea groups is 1. The summed E-state index contributed by atoms with van der Waals surface area (Å²) in [4.78, 5) is 12.4. The van der Waals surface area contributed by atoms with E-state index in [-0.39, 0.29) is 18.5 Å². The molecular weight excluding hydrogens is 304 g/mol. The SMILES string of the molecule is CCNC1CC(C)NC(NC(=O)NC2CCC3CNCCC3C2)N1. The summed E-state index contributed by atoms with van der Waals surface area (Å²) in [5, 5.41) is 19.9. The summed E-state index contributed by atoms with van der Waals surface area (Å²) < 4.78 is 0. The molecule has 6 unspecified atom stereocenters. The van der Waals surface area contributed by atoms with E-state index in [2.05, 4.69) is 45.7 Å². The van der Waals surface area contributed by atoms with E-state index in [1.54, 1.807) is 0 Å². The number of rotatable bonds is 4. The number of carbonyl (C=O) groups excluding carboxylic acids is 1. The molecule has 6 atom stereocenters. The molecule has 138 valence electrons. The van der Waals surface area contributed by atoms with Crippen LogP contribution in [-0.4, -0.2) is 50.2 Å². The molecule has 3 aliphatic rings. The second-order valence-corrected chi connectivity index (χ2v) is 7.65. The third kappa shape index (κ3) is 4.81. The van der Waals surface area contributed by atoms with Gasteiger partial charge in [-0.05, 0) is 70.5 Å². The fraction of sp³-hybridized carbons (Fsp3) is 0.941. The summed E-state index contributed by atoms with van der Waals surface area (Å²) in [6, 6.07) is 0.613. The van der Waals surface area contributed by atoms with Crippen LogP contribution in [0.1, 0.15) is 46.0 Å². The minimum Gasteiger partial charge on any atom is -0.335 e. The maximum Gasteiger partial charge on any atom is 0.317 e. The number of nitrogens with one attached hydrogen (secondary N) is 6. The first-order valence-electron chi connectivity index (χ1n) is 9.67. The molecule has 6 N–H and O–H groups in total. The van der Waals surface area contributed by atoms with Gasteiger partial charge in [-0.2, -0.15) is 0 Å². The van der Waals surface area contributed by atoms with Crippen LogP contribution in [0.5, 0.6) is 0 Å². The van der Waals surface area contributed by atoms with E-state index in [9.17, 15) is 4.79 Å². The lowest BCUT2D eigenvalue weighted by Gasteiger charge is -2.40. The van der Waals surface area contributed by atoms with Gasteiger partial charge in [-0.3, -0.25) is 10.6 Å². The second kappa shape index (κ2) is 8.47. The zero-order valence-electron chi connectivity index (χ0n) is 15.0. The van der Waals surface area contributed by atoms with Crippen molar-refractivity contribution < 1.29 is 4.79 Å². The van der Waals surface area contributed by atoms with E-state index in [4.69, 9.17) is 0 Å². The van der Waals surface area contributed by atoms with Crippen LogP contribution in [0.25, 0.3) is 0 Å². The predicted molar refractivity (Wildman–Crippen MR) is 95.4 cm³/mol. The minimum absolute atomic E-state index is 0.0678. The van der Waals surface area contributed by atoms with E-state index >= 15 is 0 Å². The van der Waals surface area contributed by atoms with E-state index in [1.807, 2.05) is 0 Å².